The highest BCUT2D eigenvalue weighted by Crippen LogP contribution is 2.19. The Hall–Kier alpha value is -1.06. The minimum absolute atomic E-state index is 0.710. The van der Waals surface area contributed by atoms with Gasteiger partial charge < -0.3 is 5.32 Å². The third-order valence-electron chi connectivity index (χ3n) is 2.08. The van der Waals surface area contributed by atoms with Crippen LogP contribution < -0.4 is 5.32 Å². The van der Waals surface area contributed by atoms with Crippen LogP contribution in [-0.2, 0) is 6.54 Å². The molecule has 0 unspecified atom stereocenters. The Bertz CT molecular complexity index is 436. The van der Waals surface area contributed by atoms with Crippen molar-refractivity contribution in [3.05, 3.63) is 45.8 Å². The molecule has 0 fully saturated rings. The van der Waals surface area contributed by atoms with Gasteiger partial charge in [-0.15, -0.1) is 0 Å². The molecule has 15 heavy (non-hydrogen) atoms. The number of halogens is 1. The summed E-state index contributed by atoms with van der Waals surface area (Å²) in [4.78, 5) is 0. The predicted octanol–water partition coefficient (Wildman–Crippen LogP) is 3.72. The summed E-state index contributed by atoms with van der Waals surface area (Å²) in [5.74, 6) is 0.838. The third-order valence-corrected chi connectivity index (χ3v) is 2.97. The topological polar surface area (TPSA) is 24.9 Å². The zero-order valence-electron chi connectivity index (χ0n) is 8.33. The average molecular weight is 239 g/mol. The van der Waals surface area contributed by atoms with Crippen molar-refractivity contribution in [3.63, 3.8) is 0 Å². The number of anilines is 1. The van der Waals surface area contributed by atoms with Gasteiger partial charge in [-0.1, -0.05) is 41.4 Å². The van der Waals surface area contributed by atoms with Crippen molar-refractivity contribution < 1.29 is 0 Å². The van der Waals surface area contributed by atoms with Gasteiger partial charge in [0, 0.05) is 12.6 Å². The van der Waals surface area contributed by atoms with Gasteiger partial charge in [0.25, 0.3) is 0 Å². The molecule has 1 heterocycles. The van der Waals surface area contributed by atoms with Crippen molar-refractivity contribution >= 4 is 29.0 Å². The molecule has 2 aromatic rings. The predicted molar refractivity (Wildman–Crippen MR) is 65.6 cm³/mol. The van der Waals surface area contributed by atoms with Crippen molar-refractivity contribution in [1.82, 2.24) is 4.37 Å². The number of aryl methyl sites for hydroxylation is 1. The second kappa shape index (κ2) is 4.64. The first-order valence-corrected chi connectivity index (χ1v) is 5.81. The fraction of sp³-hybridized carbons (Fsp3) is 0.182. The summed E-state index contributed by atoms with van der Waals surface area (Å²) >= 11 is 7.07. The van der Waals surface area contributed by atoms with Crippen LogP contribution in [0.5, 0.6) is 0 Å². The largest absolute Gasteiger partial charge is 0.365 e. The quantitative estimate of drug-likeness (QED) is 0.882. The van der Waals surface area contributed by atoms with Gasteiger partial charge in [0.15, 0.2) is 0 Å². The van der Waals surface area contributed by atoms with Crippen LogP contribution in [0.3, 0.4) is 0 Å². The SMILES string of the molecule is Cc1ccc(CNc2cc(Cl)sn2)cc1. The van der Waals surface area contributed by atoms with E-state index in [0.717, 1.165) is 12.4 Å². The van der Waals surface area contributed by atoms with Crippen molar-refractivity contribution in [1.29, 1.82) is 0 Å². The molecule has 2 nitrogen and oxygen atoms in total. The number of hydrogen-bond acceptors (Lipinski definition) is 3. The molecular weight excluding hydrogens is 228 g/mol. The Morgan fingerprint density at radius 2 is 2.07 bits per heavy atom. The van der Waals surface area contributed by atoms with E-state index in [1.165, 1.54) is 22.7 Å². The molecule has 1 aromatic carbocycles. The molecule has 0 saturated heterocycles. The molecule has 0 aliphatic heterocycles. The number of nitrogens with zero attached hydrogens (tertiary/aromatic N) is 1. The van der Waals surface area contributed by atoms with Gasteiger partial charge >= 0.3 is 0 Å². The van der Waals surface area contributed by atoms with Gasteiger partial charge in [-0.3, -0.25) is 0 Å². The molecule has 0 bridgehead atoms. The van der Waals surface area contributed by atoms with E-state index in [-0.39, 0.29) is 0 Å². The van der Waals surface area contributed by atoms with Crippen LogP contribution in [-0.4, -0.2) is 4.37 Å². The molecule has 1 aromatic heterocycles. The lowest BCUT2D eigenvalue weighted by Crippen LogP contribution is -1.98. The molecule has 4 heteroatoms. The molecule has 0 spiro atoms. The van der Waals surface area contributed by atoms with E-state index >= 15 is 0 Å². The normalized spacial score (nSPS) is 10.3. The molecule has 0 atom stereocenters. The summed E-state index contributed by atoms with van der Waals surface area (Å²) in [6.45, 7) is 2.86. The van der Waals surface area contributed by atoms with Crippen LogP contribution in [0.2, 0.25) is 4.34 Å². The van der Waals surface area contributed by atoms with Crippen molar-refractivity contribution in [2.75, 3.05) is 5.32 Å². The van der Waals surface area contributed by atoms with E-state index < -0.39 is 0 Å². The molecule has 0 amide bonds. The lowest BCUT2D eigenvalue weighted by atomic mass is 10.1. The van der Waals surface area contributed by atoms with E-state index in [1.54, 1.807) is 0 Å². The van der Waals surface area contributed by atoms with Gasteiger partial charge in [-0.2, -0.15) is 4.37 Å². The van der Waals surface area contributed by atoms with Crippen molar-refractivity contribution in [2.45, 2.75) is 13.5 Å². The van der Waals surface area contributed by atoms with Gasteiger partial charge in [-0.25, -0.2) is 0 Å². The first-order chi connectivity index (χ1) is 7.24. The van der Waals surface area contributed by atoms with Gasteiger partial charge in [0.1, 0.15) is 10.2 Å². The minimum Gasteiger partial charge on any atom is -0.365 e. The summed E-state index contributed by atoms with van der Waals surface area (Å²) in [5.41, 5.74) is 2.51. The number of hydrogen-bond donors (Lipinski definition) is 1. The zero-order chi connectivity index (χ0) is 10.7. The standard InChI is InChI=1S/C11H11ClN2S/c1-8-2-4-9(5-3-8)7-13-11-6-10(12)15-14-11/h2-6H,7H2,1H3,(H,13,14). The Kier molecular flexibility index (Phi) is 3.23. The van der Waals surface area contributed by atoms with Crippen LogP contribution in [0.15, 0.2) is 30.3 Å². The van der Waals surface area contributed by atoms with E-state index in [1.807, 2.05) is 6.07 Å². The van der Waals surface area contributed by atoms with E-state index in [9.17, 15) is 0 Å². The van der Waals surface area contributed by atoms with Gasteiger partial charge in [0.05, 0.1) is 0 Å². The second-order valence-corrected chi connectivity index (χ2v) is 4.79. The van der Waals surface area contributed by atoms with Crippen LogP contribution in [0.1, 0.15) is 11.1 Å². The second-order valence-electron chi connectivity index (χ2n) is 3.36. The zero-order valence-corrected chi connectivity index (χ0v) is 9.90. The van der Waals surface area contributed by atoms with E-state index in [0.29, 0.717) is 4.34 Å². The summed E-state index contributed by atoms with van der Waals surface area (Å²) in [7, 11) is 0. The van der Waals surface area contributed by atoms with Crippen molar-refractivity contribution in [3.8, 4) is 0 Å². The minimum atomic E-state index is 0.710. The maximum atomic E-state index is 5.78. The average Bonchev–Trinajstić information content (AvgIpc) is 2.64. The maximum absolute atomic E-state index is 5.78. The third kappa shape index (κ3) is 2.94. The summed E-state index contributed by atoms with van der Waals surface area (Å²) in [5, 5.41) is 3.22. The Labute approximate surface area is 98.1 Å². The maximum Gasteiger partial charge on any atom is 0.141 e. The first-order valence-electron chi connectivity index (χ1n) is 4.66. The summed E-state index contributed by atoms with van der Waals surface area (Å²) in [6, 6.07) is 10.3. The molecule has 0 aliphatic rings. The molecular formula is C11H11ClN2S. The summed E-state index contributed by atoms with van der Waals surface area (Å²) in [6.07, 6.45) is 0. The van der Waals surface area contributed by atoms with Gasteiger partial charge in [-0.05, 0) is 24.0 Å². The molecule has 2 rings (SSSR count). The molecule has 0 radical (unpaired) electrons. The smallest absolute Gasteiger partial charge is 0.141 e. The number of benzene rings is 1. The molecule has 78 valence electrons. The van der Waals surface area contributed by atoms with Gasteiger partial charge in [0.2, 0.25) is 0 Å². The highest BCUT2D eigenvalue weighted by Gasteiger charge is 1.98. The Morgan fingerprint density at radius 3 is 2.67 bits per heavy atom. The monoisotopic (exact) mass is 238 g/mol. The number of rotatable bonds is 3. The molecule has 1 N–H and O–H groups in total. The lowest BCUT2D eigenvalue weighted by molar-refractivity contribution is 1.13. The van der Waals surface area contributed by atoms with Crippen LogP contribution in [0, 0.1) is 6.92 Å². The van der Waals surface area contributed by atoms with Crippen LogP contribution >= 0.6 is 23.1 Å². The molecule has 0 aliphatic carbocycles. The van der Waals surface area contributed by atoms with Crippen molar-refractivity contribution in [2.24, 2.45) is 0 Å². The number of nitrogens with one attached hydrogen (secondary N) is 1. The van der Waals surface area contributed by atoms with Crippen LogP contribution in [0.4, 0.5) is 5.82 Å². The Balaban J connectivity index is 1.96. The molecule has 0 saturated carbocycles. The first kappa shape index (κ1) is 10.5. The highest BCUT2D eigenvalue weighted by atomic mass is 35.5. The summed E-state index contributed by atoms with van der Waals surface area (Å²) < 4.78 is 4.86. The fourth-order valence-corrected chi connectivity index (χ4v) is 1.91. The fourth-order valence-electron chi connectivity index (χ4n) is 1.23. The van der Waals surface area contributed by atoms with Crippen LogP contribution in [0.25, 0.3) is 0 Å². The number of aromatic nitrogens is 1. The van der Waals surface area contributed by atoms with E-state index in [4.69, 9.17) is 11.6 Å². The highest BCUT2D eigenvalue weighted by molar-refractivity contribution is 7.10. The van der Waals surface area contributed by atoms with E-state index in [2.05, 4.69) is 40.9 Å². The lowest BCUT2D eigenvalue weighted by Gasteiger charge is -2.02. The Morgan fingerprint density at radius 1 is 1.33 bits per heavy atom.